The Morgan fingerprint density at radius 2 is 1.97 bits per heavy atom. The molecule has 1 aliphatic carbocycles. The van der Waals surface area contributed by atoms with Crippen LogP contribution in [0.2, 0.25) is 0 Å². The molecule has 3 heterocycles. The van der Waals surface area contributed by atoms with Crippen LogP contribution in [0.3, 0.4) is 0 Å². The maximum absolute atomic E-state index is 12.1. The van der Waals surface area contributed by atoms with Crippen LogP contribution < -0.4 is 5.32 Å². The van der Waals surface area contributed by atoms with E-state index in [-0.39, 0.29) is 18.1 Å². The van der Waals surface area contributed by atoms with E-state index in [1.54, 1.807) is 6.07 Å². The molecule has 1 aromatic carbocycles. The Bertz CT molecular complexity index is 1120. The summed E-state index contributed by atoms with van der Waals surface area (Å²) in [6, 6.07) is 18.1. The molecule has 0 radical (unpaired) electrons. The van der Waals surface area contributed by atoms with Crippen LogP contribution in [0.4, 0.5) is 0 Å². The Morgan fingerprint density at radius 3 is 2.72 bits per heavy atom. The molecule has 164 valence electrons. The number of carbonyl (C=O) groups is 1. The number of rotatable bonds is 5. The molecule has 1 saturated heterocycles. The van der Waals surface area contributed by atoms with E-state index in [2.05, 4.69) is 31.9 Å². The minimum Gasteiger partial charge on any atom is -0.465 e. The number of nitrogens with one attached hydrogen (secondary N) is 1. The summed E-state index contributed by atoms with van der Waals surface area (Å²) in [6.45, 7) is 0. The lowest BCUT2D eigenvalue weighted by Gasteiger charge is -2.33. The monoisotopic (exact) mass is 446 g/mol. The fraction of sp³-hybridized carbons (Fsp3) is 0.320. The Labute approximate surface area is 193 Å². The van der Waals surface area contributed by atoms with E-state index in [0.29, 0.717) is 11.6 Å². The van der Waals surface area contributed by atoms with Crippen molar-refractivity contribution >= 4 is 23.3 Å². The standard InChI is InChI=1S/C25H26N4O2S/c1-31-24(30)17-8-6-11-19(16-17)28-15-7-13-21(28)23-22(20-12-4-5-14-26-20)27-25(32)29(23)18-9-2-3-10-18/h4-8,11-16,18,22-23H,2-3,9-10H2,1H3,(H,27,32)/t22-,23+/m0/s1. The van der Waals surface area contributed by atoms with Crippen molar-refractivity contribution in [3.05, 3.63) is 83.9 Å². The molecular formula is C25H26N4O2S. The molecule has 2 fully saturated rings. The summed E-state index contributed by atoms with van der Waals surface area (Å²) in [5, 5.41) is 4.35. The molecule has 2 aliphatic rings. The predicted octanol–water partition coefficient (Wildman–Crippen LogP) is 4.57. The summed E-state index contributed by atoms with van der Waals surface area (Å²) in [6.07, 6.45) is 8.61. The van der Waals surface area contributed by atoms with Gasteiger partial charge in [0.15, 0.2) is 5.11 Å². The molecule has 5 rings (SSSR count). The average Bonchev–Trinajstić information content (AvgIpc) is 3.58. The highest BCUT2D eigenvalue weighted by molar-refractivity contribution is 7.80. The van der Waals surface area contributed by atoms with E-state index in [1.165, 1.54) is 20.0 Å². The summed E-state index contributed by atoms with van der Waals surface area (Å²) in [5.41, 5.74) is 3.52. The lowest BCUT2D eigenvalue weighted by molar-refractivity contribution is 0.0600. The van der Waals surface area contributed by atoms with Gasteiger partial charge >= 0.3 is 5.97 Å². The largest absolute Gasteiger partial charge is 0.465 e. The number of methoxy groups -OCH3 is 1. The maximum atomic E-state index is 12.1. The third kappa shape index (κ3) is 3.66. The van der Waals surface area contributed by atoms with Gasteiger partial charge < -0.3 is 19.5 Å². The van der Waals surface area contributed by atoms with Crippen molar-refractivity contribution in [1.29, 1.82) is 0 Å². The van der Waals surface area contributed by atoms with E-state index >= 15 is 0 Å². The van der Waals surface area contributed by atoms with Crippen LogP contribution in [0.1, 0.15) is 59.5 Å². The molecule has 1 aliphatic heterocycles. The number of esters is 1. The van der Waals surface area contributed by atoms with Gasteiger partial charge in [-0.1, -0.05) is 25.0 Å². The van der Waals surface area contributed by atoms with Crippen LogP contribution in [0.15, 0.2) is 67.0 Å². The van der Waals surface area contributed by atoms with Crippen LogP contribution in [0, 0.1) is 0 Å². The fourth-order valence-corrected chi connectivity index (χ4v) is 5.42. The van der Waals surface area contributed by atoms with Crippen LogP contribution >= 0.6 is 12.2 Å². The van der Waals surface area contributed by atoms with Crippen molar-refractivity contribution in [2.45, 2.75) is 43.8 Å². The topological polar surface area (TPSA) is 59.4 Å². The number of benzene rings is 1. The number of pyridine rings is 1. The number of carbonyl (C=O) groups excluding carboxylic acids is 1. The van der Waals surface area contributed by atoms with E-state index in [0.717, 1.165) is 35.0 Å². The van der Waals surface area contributed by atoms with E-state index in [1.807, 2.05) is 48.8 Å². The third-order valence-corrected chi connectivity index (χ3v) is 6.81. The van der Waals surface area contributed by atoms with E-state index < -0.39 is 0 Å². The van der Waals surface area contributed by atoms with Gasteiger partial charge in [-0.05, 0) is 67.5 Å². The van der Waals surface area contributed by atoms with Crippen molar-refractivity contribution in [3.63, 3.8) is 0 Å². The number of aromatic nitrogens is 2. The number of nitrogens with zero attached hydrogens (tertiary/aromatic N) is 3. The number of ether oxygens (including phenoxy) is 1. The normalized spacial score (nSPS) is 21.0. The SMILES string of the molecule is COC(=O)c1cccc(-n2cccc2[C@@H]2[C@H](c3ccccn3)NC(=S)N2C2CCCC2)c1. The maximum Gasteiger partial charge on any atom is 0.337 e. The molecule has 6 nitrogen and oxygen atoms in total. The van der Waals surface area contributed by atoms with E-state index in [9.17, 15) is 4.79 Å². The van der Waals surface area contributed by atoms with Crippen LogP contribution in [-0.4, -0.2) is 38.7 Å². The second kappa shape index (κ2) is 8.74. The predicted molar refractivity (Wildman–Crippen MR) is 127 cm³/mol. The molecule has 2 aromatic heterocycles. The first-order chi connectivity index (χ1) is 15.7. The minimum absolute atomic E-state index is 0.00252. The highest BCUT2D eigenvalue weighted by Gasteiger charge is 2.44. The molecule has 0 unspecified atom stereocenters. The molecule has 0 bridgehead atoms. The van der Waals surface area contributed by atoms with Crippen molar-refractivity contribution in [1.82, 2.24) is 19.8 Å². The Kier molecular flexibility index (Phi) is 5.66. The van der Waals surface area contributed by atoms with Crippen molar-refractivity contribution in [2.75, 3.05) is 7.11 Å². The molecule has 7 heteroatoms. The first-order valence-electron chi connectivity index (χ1n) is 11.0. The Hall–Kier alpha value is -3.19. The highest BCUT2D eigenvalue weighted by Crippen LogP contribution is 2.43. The van der Waals surface area contributed by atoms with Crippen LogP contribution in [-0.2, 0) is 4.74 Å². The summed E-state index contributed by atoms with van der Waals surface area (Å²) in [5.74, 6) is -0.344. The molecule has 1 N–H and O–H groups in total. The van der Waals surface area contributed by atoms with Gasteiger partial charge in [0.25, 0.3) is 0 Å². The zero-order chi connectivity index (χ0) is 22.1. The zero-order valence-corrected chi connectivity index (χ0v) is 18.8. The molecule has 0 spiro atoms. The molecule has 1 saturated carbocycles. The van der Waals surface area contributed by atoms with Crippen molar-refractivity contribution in [3.8, 4) is 5.69 Å². The highest BCUT2D eigenvalue weighted by atomic mass is 32.1. The minimum atomic E-state index is -0.344. The number of hydrogen-bond donors (Lipinski definition) is 1. The number of hydrogen-bond acceptors (Lipinski definition) is 4. The fourth-order valence-electron chi connectivity index (χ4n) is 5.03. The molecule has 2 atom stereocenters. The van der Waals surface area contributed by atoms with Crippen LogP contribution in [0.5, 0.6) is 0 Å². The summed E-state index contributed by atoms with van der Waals surface area (Å²) in [7, 11) is 1.40. The Morgan fingerprint density at radius 1 is 1.12 bits per heavy atom. The molecule has 0 amide bonds. The molecule has 32 heavy (non-hydrogen) atoms. The van der Waals surface area contributed by atoms with E-state index in [4.69, 9.17) is 17.0 Å². The third-order valence-electron chi connectivity index (χ3n) is 6.48. The lowest BCUT2D eigenvalue weighted by Crippen LogP contribution is -2.38. The zero-order valence-electron chi connectivity index (χ0n) is 18.0. The van der Waals surface area contributed by atoms with Crippen LogP contribution in [0.25, 0.3) is 5.69 Å². The van der Waals surface area contributed by atoms with Gasteiger partial charge in [-0.2, -0.15) is 0 Å². The average molecular weight is 447 g/mol. The summed E-state index contributed by atoms with van der Waals surface area (Å²) >= 11 is 5.85. The quantitative estimate of drug-likeness (QED) is 0.458. The van der Waals surface area contributed by atoms with Gasteiger partial charge in [-0.15, -0.1) is 0 Å². The lowest BCUT2D eigenvalue weighted by atomic mass is 9.99. The second-order valence-electron chi connectivity index (χ2n) is 8.32. The summed E-state index contributed by atoms with van der Waals surface area (Å²) in [4.78, 5) is 19.1. The molecular weight excluding hydrogens is 420 g/mol. The first-order valence-corrected chi connectivity index (χ1v) is 11.4. The van der Waals surface area contributed by atoms with Gasteiger partial charge in [0.2, 0.25) is 0 Å². The van der Waals surface area contributed by atoms with Gasteiger partial charge in [0.1, 0.15) is 0 Å². The van der Waals surface area contributed by atoms with Gasteiger partial charge in [0, 0.05) is 29.8 Å². The van der Waals surface area contributed by atoms with Crippen molar-refractivity contribution in [2.24, 2.45) is 0 Å². The molecule has 3 aromatic rings. The second-order valence-corrected chi connectivity index (χ2v) is 8.70. The van der Waals surface area contributed by atoms with Gasteiger partial charge in [0.05, 0.1) is 30.5 Å². The Balaban J connectivity index is 1.60. The van der Waals surface area contributed by atoms with Gasteiger partial charge in [-0.3, -0.25) is 4.98 Å². The number of thiocarbonyl (C=S) groups is 1. The summed E-state index contributed by atoms with van der Waals surface area (Å²) < 4.78 is 7.06. The first kappa shape index (κ1) is 20.7. The smallest absolute Gasteiger partial charge is 0.337 e. The van der Waals surface area contributed by atoms with Crippen molar-refractivity contribution < 1.29 is 9.53 Å². The van der Waals surface area contributed by atoms with Gasteiger partial charge in [-0.25, -0.2) is 4.79 Å².